The summed E-state index contributed by atoms with van der Waals surface area (Å²) in [6.45, 7) is 0.875. The van der Waals surface area contributed by atoms with E-state index in [1.807, 2.05) is 35.2 Å². The van der Waals surface area contributed by atoms with Crippen LogP contribution < -0.4 is 4.90 Å². The van der Waals surface area contributed by atoms with E-state index in [0.29, 0.717) is 23.4 Å². The van der Waals surface area contributed by atoms with Gasteiger partial charge in [-0.1, -0.05) is 41.9 Å². The molecule has 1 aliphatic carbocycles. The average molecular weight is 405 g/mol. The number of halogens is 2. The van der Waals surface area contributed by atoms with Gasteiger partial charge in [0.15, 0.2) is 0 Å². The Bertz CT molecular complexity index is 736. The summed E-state index contributed by atoms with van der Waals surface area (Å²) < 4.78 is 0. The quantitative estimate of drug-likeness (QED) is 0.580. The highest BCUT2D eigenvalue weighted by Crippen LogP contribution is 2.33. The molecule has 0 N–H and O–H groups in total. The van der Waals surface area contributed by atoms with E-state index in [2.05, 4.69) is 36.2 Å². The van der Waals surface area contributed by atoms with Crippen LogP contribution in [0.4, 0.5) is 5.69 Å². The molecule has 3 nitrogen and oxygen atoms in total. The Kier molecular flexibility index (Phi) is 7.17. The van der Waals surface area contributed by atoms with Gasteiger partial charge in [0.1, 0.15) is 0 Å². The molecule has 144 valence electrons. The van der Waals surface area contributed by atoms with Gasteiger partial charge in [-0.15, -0.1) is 11.6 Å². The number of alkyl halides is 1. The number of rotatable bonds is 7. The van der Waals surface area contributed by atoms with E-state index in [0.717, 1.165) is 31.5 Å². The zero-order chi connectivity index (χ0) is 19.2. The van der Waals surface area contributed by atoms with Crippen LogP contribution in [0.3, 0.4) is 0 Å². The van der Waals surface area contributed by atoms with Gasteiger partial charge >= 0.3 is 0 Å². The molecule has 0 saturated heterocycles. The van der Waals surface area contributed by atoms with Crippen molar-refractivity contribution in [2.24, 2.45) is 0 Å². The summed E-state index contributed by atoms with van der Waals surface area (Å²) in [5.74, 6) is 0.414. The minimum atomic E-state index is 0.0809. The van der Waals surface area contributed by atoms with Gasteiger partial charge in [-0.3, -0.25) is 9.69 Å². The van der Waals surface area contributed by atoms with Crippen molar-refractivity contribution in [3.05, 3.63) is 65.2 Å². The zero-order valence-electron chi connectivity index (χ0n) is 15.7. The molecule has 2 aromatic rings. The van der Waals surface area contributed by atoms with Crippen LogP contribution in [0, 0.1) is 0 Å². The lowest BCUT2D eigenvalue weighted by atomic mass is 10.1. The van der Waals surface area contributed by atoms with Crippen LogP contribution in [0.1, 0.15) is 31.2 Å². The molecule has 1 saturated carbocycles. The SMILES string of the molecule is CN(Cc1ccccc1)C1CCCC1N(C(=O)CCCl)c1ccc(Cl)cc1. The zero-order valence-corrected chi connectivity index (χ0v) is 17.2. The van der Waals surface area contributed by atoms with Crippen molar-refractivity contribution in [2.45, 2.75) is 44.3 Å². The fourth-order valence-corrected chi connectivity index (χ4v) is 4.34. The number of hydrogen-bond donors (Lipinski definition) is 0. The highest BCUT2D eigenvalue weighted by molar-refractivity contribution is 6.30. The molecule has 1 aliphatic rings. The number of nitrogens with zero attached hydrogens (tertiary/aromatic N) is 2. The summed E-state index contributed by atoms with van der Waals surface area (Å²) in [6, 6.07) is 18.5. The monoisotopic (exact) mass is 404 g/mol. The van der Waals surface area contributed by atoms with Gasteiger partial charge < -0.3 is 4.90 Å². The molecule has 2 atom stereocenters. The highest BCUT2D eigenvalue weighted by atomic mass is 35.5. The first-order valence-corrected chi connectivity index (χ1v) is 10.4. The van der Waals surface area contributed by atoms with Gasteiger partial charge in [0.25, 0.3) is 0 Å². The third-order valence-corrected chi connectivity index (χ3v) is 5.74. The Balaban J connectivity index is 1.83. The number of hydrogen-bond acceptors (Lipinski definition) is 2. The van der Waals surface area contributed by atoms with Gasteiger partial charge in [0.2, 0.25) is 5.91 Å². The van der Waals surface area contributed by atoms with Crippen molar-refractivity contribution in [2.75, 3.05) is 17.8 Å². The first-order chi connectivity index (χ1) is 13.1. The largest absolute Gasteiger partial charge is 0.308 e. The van der Waals surface area contributed by atoms with Crippen molar-refractivity contribution in [1.82, 2.24) is 4.90 Å². The molecule has 0 heterocycles. The van der Waals surface area contributed by atoms with Crippen molar-refractivity contribution >= 4 is 34.8 Å². The maximum atomic E-state index is 12.9. The van der Waals surface area contributed by atoms with Gasteiger partial charge in [-0.05, 0) is 56.1 Å². The first-order valence-electron chi connectivity index (χ1n) is 9.48. The smallest absolute Gasteiger partial charge is 0.228 e. The maximum Gasteiger partial charge on any atom is 0.228 e. The first kappa shape index (κ1) is 20.2. The number of amides is 1. The van der Waals surface area contributed by atoms with Crippen LogP contribution in [0.2, 0.25) is 5.02 Å². The predicted molar refractivity (Wildman–Crippen MR) is 114 cm³/mol. The Morgan fingerprint density at radius 3 is 2.37 bits per heavy atom. The molecular weight excluding hydrogens is 379 g/mol. The summed E-state index contributed by atoms with van der Waals surface area (Å²) in [7, 11) is 2.15. The molecule has 1 fully saturated rings. The van der Waals surface area contributed by atoms with E-state index in [1.54, 1.807) is 0 Å². The molecule has 3 rings (SSSR count). The van der Waals surface area contributed by atoms with E-state index in [9.17, 15) is 4.79 Å². The summed E-state index contributed by atoms with van der Waals surface area (Å²) in [6.07, 6.45) is 3.55. The van der Waals surface area contributed by atoms with E-state index in [-0.39, 0.29) is 11.9 Å². The molecule has 0 aromatic heterocycles. The molecule has 5 heteroatoms. The second-order valence-electron chi connectivity index (χ2n) is 7.15. The summed E-state index contributed by atoms with van der Waals surface area (Å²) in [4.78, 5) is 17.3. The number of anilines is 1. The molecule has 0 bridgehead atoms. The fourth-order valence-electron chi connectivity index (χ4n) is 4.05. The van der Waals surface area contributed by atoms with Gasteiger partial charge in [-0.2, -0.15) is 0 Å². The standard InChI is InChI=1S/C22H26Cl2N2O/c1-25(16-17-6-3-2-4-7-17)20-8-5-9-21(20)26(22(27)14-15-23)19-12-10-18(24)11-13-19/h2-4,6-7,10-13,20-21H,5,8-9,14-16H2,1H3. The lowest BCUT2D eigenvalue weighted by molar-refractivity contribution is -0.118. The van der Waals surface area contributed by atoms with E-state index in [1.165, 1.54) is 5.56 Å². The summed E-state index contributed by atoms with van der Waals surface area (Å²) in [5, 5.41) is 0.674. The Labute approximate surface area is 171 Å². The van der Waals surface area contributed by atoms with E-state index < -0.39 is 0 Å². The van der Waals surface area contributed by atoms with E-state index >= 15 is 0 Å². The molecule has 2 unspecified atom stereocenters. The average Bonchev–Trinajstić information content (AvgIpc) is 3.14. The van der Waals surface area contributed by atoms with Crippen LogP contribution >= 0.6 is 23.2 Å². The Morgan fingerprint density at radius 2 is 1.70 bits per heavy atom. The molecule has 27 heavy (non-hydrogen) atoms. The fraction of sp³-hybridized carbons (Fsp3) is 0.409. The number of carbonyl (C=O) groups is 1. The highest BCUT2D eigenvalue weighted by Gasteiger charge is 2.37. The van der Waals surface area contributed by atoms with Crippen LogP contribution in [0.25, 0.3) is 0 Å². The van der Waals surface area contributed by atoms with Crippen molar-refractivity contribution < 1.29 is 4.79 Å². The molecule has 1 amide bonds. The second-order valence-corrected chi connectivity index (χ2v) is 7.96. The second kappa shape index (κ2) is 9.59. The summed E-state index contributed by atoms with van der Waals surface area (Å²) >= 11 is 11.9. The number of likely N-dealkylation sites (N-methyl/N-ethyl adjacent to an activating group) is 1. The van der Waals surface area contributed by atoms with Crippen LogP contribution in [0.15, 0.2) is 54.6 Å². The maximum absolute atomic E-state index is 12.9. The normalized spacial score (nSPS) is 19.4. The third-order valence-electron chi connectivity index (χ3n) is 5.30. The molecule has 0 radical (unpaired) electrons. The molecule has 0 spiro atoms. The van der Waals surface area contributed by atoms with Crippen LogP contribution in [-0.4, -0.2) is 35.8 Å². The van der Waals surface area contributed by atoms with Gasteiger partial charge in [0, 0.05) is 35.6 Å². The van der Waals surface area contributed by atoms with Crippen molar-refractivity contribution in [1.29, 1.82) is 0 Å². The minimum absolute atomic E-state index is 0.0809. The predicted octanol–water partition coefficient (Wildman–Crippen LogP) is 5.36. The van der Waals surface area contributed by atoms with Gasteiger partial charge in [-0.25, -0.2) is 0 Å². The Hall–Kier alpha value is -1.55. The van der Waals surface area contributed by atoms with Crippen molar-refractivity contribution in [3.63, 3.8) is 0 Å². The number of carbonyl (C=O) groups excluding carboxylic acids is 1. The van der Waals surface area contributed by atoms with Crippen LogP contribution in [-0.2, 0) is 11.3 Å². The lowest BCUT2D eigenvalue weighted by Crippen LogP contribution is -2.50. The van der Waals surface area contributed by atoms with Crippen molar-refractivity contribution in [3.8, 4) is 0 Å². The number of benzene rings is 2. The topological polar surface area (TPSA) is 23.6 Å². The lowest BCUT2D eigenvalue weighted by Gasteiger charge is -2.37. The van der Waals surface area contributed by atoms with Gasteiger partial charge in [0.05, 0.1) is 6.04 Å². The molecular formula is C22H26Cl2N2O. The van der Waals surface area contributed by atoms with E-state index in [4.69, 9.17) is 23.2 Å². The summed E-state index contributed by atoms with van der Waals surface area (Å²) in [5.41, 5.74) is 2.19. The molecule has 0 aliphatic heterocycles. The minimum Gasteiger partial charge on any atom is -0.308 e. The Morgan fingerprint density at radius 1 is 1.04 bits per heavy atom. The molecule has 2 aromatic carbocycles. The third kappa shape index (κ3) is 5.04. The van der Waals surface area contributed by atoms with Crippen LogP contribution in [0.5, 0.6) is 0 Å².